The van der Waals surface area contributed by atoms with Crippen molar-refractivity contribution in [2.24, 2.45) is 0 Å². The first-order valence-corrected chi connectivity index (χ1v) is 11.7. The van der Waals surface area contributed by atoms with Crippen molar-refractivity contribution in [3.63, 3.8) is 0 Å². The van der Waals surface area contributed by atoms with E-state index in [0.29, 0.717) is 6.54 Å². The molecule has 30 heavy (non-hydrogen) atoms. The summed E-state index contributed by atoms with van der Waals surface area (Å²) in [6.45, 7) is 5.25. The lowest BCUT2D eigenvalue weighted by Crippen LogP contribution is -2.42. The van der Waals surface area contributed by atoms with E-state index in [-0.39, 0.29) is 24.5 Å². The number of rotatable bonds is 6. The Hall–Kier alpha value is -2.18. The lowest BCUT2D eigenvalue weighted by atomic mass is 9.99. The van der Waals surface area contributed by atoms with Gasteiger partial charge >= 0.3 is 0 Å². The molecule has 1 aromatic heterocycles. The summed E-state index contributed by atoms with van der Waals surface area (Å²) < 4.78 is 5.76. The number of amides is 2. The first-order valence-electron chi connectivity index (χ1n) is 10.9. The molecular formula is C24H30N2O3S. The van der Waals surface area contributed by atoms with E-state index in [1.165, 1.54) is 23.3 Å². The highest BCUT2D eigenvalue weighted by atomic mass is 32.1. The Morgan fingerprint density at radius 3 is 2.80 bits per heavy atom. The summed E-state index contributed by atoms with van der Waals surface area (Å²) in [4.78, 5) is 30.0. The fraction of sp³-hybridized carbons (Fsp3) is 0.500. The normalized spacial score (nSPS) is 18.1. The number of hydrogen-bond donors (Lipinski definition) is 1. The molecule has 2 amide bonds. The van der Waals surface area contributed by atoms with E-state index in [9.17, 15) is 9.59 Å². The van der Waals surface area contributed by atoms with E-state index in [0.717, 1.165) is 54.0 Å². The number of nitrogens with zero attached hydrogens (tertiary/aromatic N) is 1. The molecule has 0 saturated carbocycles. The number of carbonyl (C=O) groups excluding carboxylic acids is 2. The van der Waals surface area contributed by atoms with Crippen LogP contribution in [0.4, 0.5) is 5.69 Å². The predicted octanol–water partition coefficient (Wildman–Crippen LogP) is 4.50. The summed E-state index contributed by atoms with van der Waals surface area (Å²) in [7, 11) is 0. The van der Waals surface area contributed by atoms with Crippen LogP contribution in [-0.4, -0.2) is 42.5 Å². The van der Waals surface area contributed by atoms with Crippen LogP contribution in [-0.2, 0) is 22.4 Å². The maximum Gasteiger partial charge on any atom is 0.264 e. The van der Waals surface area contributed by atoms with Gasteiger partial charge in [-0.1, -0.05) is 12.1 Å². The van der Waals surface area contributed by atoms with Gasteiger partial charge in [-0.3, -0.25) is 9.59 Å². The largest absolute Gasteiger partial charge is 0.376 e. The van der Waals surface area contributed by atoms with Gasteiger partial charge in [0.05, 0.1) is 11.0 Å². The summed E-state index contributed by atoms with van der Waals surface area (Å²) in [5, 5.41) is 2.99. The molecule has 5 nitrogen and oxygen atoms in total. The molecule has 6 heteroatoms. The number of carbonyl (C=O) groups is 2. The van der Waals surface area contributed by atoms with Gasteiger partial charge in [-0.15, -0.1) is 11.3 Å². The monoisotopic (exact) mass is 426 g/mol. The number of benzene rings is 1. The van der Waals surface area contributed by atoms with Crippen LogP contribution in [0.3, 0.4) is 0 Å². The van der Waals surface area contributed by atoms with E-state index in [1.807, 2.05) is 38.1 Å². The minimum Gasteiger partial charge on any atom is -0.376 e. The molecule has 1 aromatic carbocycles. The Bertz CT molecular complexity index is 907. The predicted molar refractivity (Wildman–Crippen MR) is 120 cm³/mol. The number of aryl methyl sites for hydroxylation is 3. The molecule has 0 radical (unpaired) electrons. The van der Waals surface area contributed by atoms with E-state index in [1.54, 1.807) is 16.2 Å². The molecule has 2 aliphatic rings. The van der Waals surface area contributed by atoms with Crippen molar-refractivity contribution in [1.29, 1.82) is 0 Å². The summed E-state index contributed by atoms with van der Waals surface area (Å²) in [6.07, 6.45) is 6.45. The summed E-state index contributed by atoms with van der Waals surface area (Å²) in [5.41, 5.74) is 4.29. The third-order valence-corrected chi connectivity index (χ3v) is 7.38. The highest BCUT2D eigenvalue weighted by Crippen LogP contribution is 2.30. The Morgan fingerprint density at radius 1 is 1.20 bits per heavy atom. The van der Waals surface area contributed by atoms with Crippen molar-refractivity contribution in [3.8, 4) is 0 Å². The molecule has 0 bridgehead atoms. The van der Waals surface area contributed by atoms with Crippen molar-refractivity contribution in [2.75, 3.05) is 25.0 Å². The fourth-order valence-electron chi connectivity index (χ4n) is 4.25. The van der Waals surface area contributed by atoms with E-state index in [4.69, 9.17) is 4.74 Å². The number of nitrogens with one attached hydrogen (secondary N) is 1. The van der Waals surface area contributed by atoms with E-state index >= 15 is 0 Å². The number of anilines is 1. The van der Waals surface area contributed by atoms with E-state index < -0.39 is 0 Å². The maximum atomic E-state index is 13.4. The first kappa shape index (κ1) is 21.1. The van der Waals surface area contributed by atoms with Gasteiger partial charge in [0.25, 0.3) is 5.91 Å². The van der Waals surface area contributed by atoms with Crippen LogP contribution < -0.4 is 5.32 Å². The number of hydrogen-bond acceptors (Lipinski definition) is 4. The average molecular weight is 427 g/mol. The molecule has 0 spiro atoms. The maximum absolute atomic E-state index is 13.4. The second-order valence-corrected chi connectivity index (χ2v) is 9.52. The highest BCUT2D eigenvalue weighted by Gasteiger charge is 2.27. The molecule has 1 N–H and O–H groups in total. The number of fused-ring (bicyclic) bond motifs is 1. The zero-order valence-corrected chi connectivity index (χ0v) is 18.6. The van der Waals surface area contributed by atoms with Gasteiger partial charge in [0.1, 0.15) is 6.54 Å². The number of ether oxygens (including phenoxy) is 1. The molecule has 160 valence electrons. The SMILES string of the molecule is Cc1cccc(NC(=O)CN(C[C@H]2CCCO2)C(=O)c2cc3c(s2)CCCC3)c1C. The van der Waals surface area contributed by atoms with Gasteiger partial charge in [0.2, 0.25) is 5.91 Å². The Balaban J connectivity index is 1.50. The van der Waals surface area contributed by atoms with Crippen molar-refractivity contribution in [3.05, 3.63) is 50.7 Å². The fourth-order valence-corrected chi connectivity index (χ4v) is 5.48. The average Bonchev–Trinajstić information content (AvgIpc) is 3.40. The molecule has 1 aliphatic heterocycles. The minimum atomic E-state index is -0.170. The van der Waals surface area contributed by atoms with Gasteiger partial charge in [-0.05, 0) is 81.2 Å². The molecule has 1 saturated heterocycles. The third-order valence-electron chi connectivity index (χ3n) is 6.16. The second kappa shape index (κ2) is 9.31. The molecule has 1 fully saturated rings. The van der Waals surface area contributed by atoms with Crippen LogP contribution in [0.1, 0.15) is 56.9 Å². The van der Waals surface area contributed by atoms with Crippen LogP contribution in [0.25, 0.3) is 0 Å². The topological polar surface area (TPSA) is 58.6 Å². The third kappa shape index (κ3) is 4.76. The van der Waals surface area contributed by atoms with Crippen molar-refractivity contribution in [2.45, 2.75) is 58.5 Å². The van der Waals surface area contributed by atoms with Crippen molar-refractivity contribution in [1.82, 2.24) is 4.90 Å². The molecular weight excluding hydrogens is 396 g/mol. The van der Waals surface area contributed by atoms with Gasteiger partial charge in [-0.2, -0.15) is 0 Å². The van der Waals surface area contributed by atoms with Crippen LogP contribution >= 0.6 is 11.3 Å². The van der Waals surface area contributed by atoms with Crippen LogP contribution in [0.2, 0.25) is 0 Å². The quantitative estimate of drug-likeness (QED) is 0.740. The van der Waals surface area contributed by atoms with Gasteiger partial charge in [0, 0.05) is 23.7 Å². The lowest BCUT2D eigenvalue weighted by molar-refractivity contribution is -0.117. The Labute approximate surface area is 182 Å². The highest BCUT2D eigenvalue weighted by molar-refractivity contribution is 7.14. The van der Waals surface area contributed by atoms with Gasteiger partial charge in [-0.25, -0.2) is 0 Å². The zero-order chi connectivity index (χ0) is 21.1. The van der Waals surface area contributed by atoms with E-state index in [2.05, 4.69) is 5.32 Å². The summed E-state index contributed by atoms with van der Waals surface area (Å²) in [6, 6.07) is 7.91. The van der Waals surface area contributed by atoms with Crippen LogP contribution in [0.15, 0.2) is 24.3 Å². The molecule has 0 unspecified atom stereocenters. The Kier molecular flexibility index (Phi) is 6.54. The minimum absolute atomic E-state index is 0.0112. The van der Waals surface area contributed by atoms with Crippen LogP contribution in [0, 0.1) is 13.8 Å². The second-order valence-electron chi connectivity index (χ2n) is 8.38. The van der Waals surface area contributed by atoms with Crippen molar-refractivity contribution < 1.29 is 14.3 Å². The smallest absolute Gasteiger partial charge is 0.264 e. The summed E-state index contributed by atoms with van der Waals surface area (Å²) >= 11 is 1.60. The molecule has 2 aromatic rings. The first-order chi connectivity index (χ1) is 14.5. The Morgan fingerprint density at radius 2 is 2.03 bits per heavy atom. The lowest BCUT2D eigenvalue weighted by Gasteiger charge is -2.25. The van der Waals surface area contributed by atoms with Gasteiger partial charge < -0.3 is 15.0 Å². The van der Waals surface area contributed by atoms with Crippen LogP contribution in [0.5, 0.6) is 0 Å². The molecule has 1 aliphatic carbocycles. The molecule has 1 atom stereocenters. The molecule has 2 heterocycles. The van der Waals surface area contributed by atoms with Crippen molar-refractivity contribution >= 4 is 28.8 Å². The summed E-state index contributed by atoms with van der Waals surface area (Å²) in [5.74, 6) is -0.225. The zero-order valence-electron chi connectivity index (χ0n) is 17.8. The molecule has 4 rings (SSSR count). The van der Waals surface area contributed by atoms with Gasteiger partial charge in [0.15, 0.2) is 0 Å². The standard InChI is InChI=1S/C24H30N2O3S/c1-16-7-5-10-20(17(16)2)25-23(27)15-26(14-19-9-6-12-29-19)24(28)22-13-18-8-3-4-11-21(18)30-22/h5,7,10,13,19H,3-4,6,8-9,11-12,14-15H2,1-2H3,(H,25,27)/t19-/m1/s1. The number of thiophene rings is 1.